The third-order valence-corrected chi connectivity index (χ3v) is 6.01. The standard InChI is InChI=1S/C27H33NO/c1-26(2,25(28(3)4)22-14-8-5-9-15-22)20-21-27(29,23-16-10-6-11-17-23)24-18-12-7-13-19-24/h5-19,25,29H,20-21H2,1-4H3. The predicted octanol–water partition coefficient (Wildman–Crippen LogP) is 6.03. The number of rotatable bonds is 8. The fourth-order valence-corrected chi connectivity index (χ4v) is 4.61. The van der Waals surface area contributed by atoms with E-state index in [1.807, 2.05) is 60.7 Å². The molecule has 0 aliphatic rings. The van der Waals surface area contributed by atoms with Gasteiger partial charge in [-0.2, -0.15) is 0 Å². The van der Waals surface area contributed by atoms with Crippen molar-refractivity contribution in [1.29, 1.82) is 0 Å². The molecule has 1 atom stereocenters. The topological polar surface area (TPSA) is 23.5 Å². The van der Waals surface area contributed by atoms with Gasteiger partial charge < -0.3 is 10.0 Å². The number of hydrogen-bond acceptors (Lipinski definition) is 2. The van der Waals surface area contributed by atoms with E-state index in [9.17, 15) is 5.11 Å². The van der Waals surface area contributed by atoms with Crippen LogP contribution in [0.4, 0.5) is 0 Å². The summed E-state index contributed by atoms with van der Waals surface area (Å²) in [5.41, 5.74) is 2.17. The minimum absolute atomic E-state index is 0.0254. The normalized spacial score (nSPS) is 13.4. The summed E-state index contributed by atoms with van der Waals surface area (Å²) in [6.45, 7) is 4.61. The van der Waals surface area contributed by atoms with Crippen molar-refractivity contribution < 1.29 is 5.11 Å². The molecule has 1 unspecified atom stereocenters. The van der Waals surface area contributed by atoms with E-state index in [2.05, 4.69) is 63.2 Å². The smallest absolute Gasteiger partial charge is 0.115 e. The third-order valence-electron chi connectivity index (χ3n) is 6.01. The third kappa shape index (κ3) is 4.77. The van der Waals surface area contributed by atoms with Crippen LogP contribution in [0.15, 0.2) is 91.0 Å². The summed E-state index contributed by atoms with van der Waals surface area (Å²) >= 11 is 0. The predicted molar refractivity (Wildman–Crippen MR) is 122 cm³/mol. The molecule has 2 nitrogen and oxygen atoms in total. The zero-order valence-electron chi connectivity index (χ0n) is 18.0. The van der Waals surface area contributed by atoms with Crippen molar-refractivity contribution in [3.8, 4) is 0 Å². The fourth-order valence-electron chi connectivity index (χ4n) is 4.61. The maximum absolute atomic E-state index is 11.9. The Morgan fingerprint density at radius 1 is 0.690 bits per heavy atom. The van der Waals surface area contributed by atoms with E-state index in [1.54, 1.807) is 0 Å². The zero-order valence-corrected chi connectivity index (χ0v) is 18.0. The molecule has 1 N–H and O–H groups in total. The van der Waals surface area contributed by atoms with Gasteiger partial charge in [0.15, 0.2) is 0 Å². The number of aliphatic hydroxyl groups is 1. The largest absolute Gasteiger partial charge is 0.380 e. The first-order valence-electron chi connectivity index (χ1n) is 10.4. The van der Waals surface area contributed by atoms with Crippen molar-refractivity contribution in [2.45, 2.75) is 38.3 Å². The molecule has 0 radical (unpaired) electrons. The van der Waals surface area contributed by atoms with Gasteiger partial charge >= 0.3 is 0 Å². The molecule has 0 aliphatic carbocycles. The molecule has 0 bridgehead atoms. The summed E-state index contributed by atoms with van der Waals surface area (Å²) in [7, 11) is 4.28. The molecule has 2 heteroatoms. The van der Waals surface area contributed by atoms with Gasteiger partial charge in [0.05, 0.1) is 0 Å². The maximum Gasteiger partial charge on any atom is 0.115 e. The van der Waals surface area contributed by atoms with E-state index >= 15 is 0 Å². The van der Waals surface area contributed by atoms with Crippen molar-refractivity contribution in [2.24, 2.45) is 5.41 Å². The van der Waals surface area contributed by atoms with Gasteiger partial charge in [-0.1, -0.05) is 105 Å². The molecule has 0 fully saturated rings. The summed E-state index contributed by atoms with van der Waals surface area (Å²) in [5, 5.41) is 11.9. The van der Waals surface area contributed by atoms with Gasteiger partial charge in [-0.15, -0.1) is 0 Å². The van der Waals surface area contributed by atoms with Crippen LogP contribution in [-0.2, 0) is 5.60 Å². The molecule has 3 rings (SSSR count). The molecular weight excluding hydrogens is 354 g/mol. The second-order valence-electron chi connectivity index (χ2n) is 8.86. The lowest BCUT2D eigenvalue weighted by Crippen LogP contribution is -2.36. The Kier molecular flexibility index (Phi) is 6.56. The highest BCUT2D eigenvalue weighted by molar-refractivity contribution is 5.36. The van der Waals surface area contributed by atoms with Gasteiger partial charge in [0.2, 0.25) is 0 Å². The van der Waals surface area contributed by atoms with Crippen LogP contribution in [0.5, 0.6) is 0 Å². The van der Waals surface area contributed by atoms with Crippen LogP contribution in [0, 0.1) is 5.41 Å². The first kappa shape index (κ1) is 21.3. The van der Waals surface area contributed by atoms with Crippen molar-refractivity contribution >= 4 is 0 Å². The van der Waals surface area contributed by atoms with E-state index in [-0.39, 0.29) is 11.5 Å². The van der Waals surface area contributed by atoms with Gasteiger partial charge in [-0.05, 0) is 49.0 Å². The Morgan fingerprint density at radius 3 is 1.52 bits per heavy atom. The molecule has 3 aromatic rings. The molecule has 0 saturated carbocycles. The molecule has 29 heavy (non-hydrogen) atoms. The molecule has 3 aromatic carbocycles. The summed E-state index contributed by atoms with van der Waals surface area (Å²) < 4.78 is 0. The summed E-state index contributed by atoms with van der Waals surface area (Å²) in [6, 6.07) is 31.0. The summed E-state index contributed by atoms with van der Waals surface area (Å²) in [4.78, 5) is 2.29. The van der Waals surface area contributed by atoms with Crippen molar-refractivity contribution in [2.75, 3.05) is 14.1 Å². The van der Waals surface area contributed by atoms with E-state index < -0.39 is 5.60 Å². The molecule has 0 heterocycles. The average Bonchev–Trinajstić information content (AvgIpc) is 2.74. The van der Waals surface area contributed by atoms with E-state index in [1.165, 1.54) is 5.56 Å². The van der Waals surface area contributed by atoms with Crippen LogP contribution in [0.25, 0.3) is 0 Å². The number of nitrogens with zero attached hydrogens (tertiary/aromatic N) is 1. The van der Waals surface area contributed by atoms with E-state index in [4.69, 9.17) is 0 Å². The van der Waals surface area contributed by atoms with Crippen LogP contribution >= 0.6 is 0 Å². The average molecular weight is 388 g/mol. The zero-order chi connectivity index (χ0) is 20.9. The molecular formula is C27H33NO. The highest BCUT2D eigenvalue weighted by Crippen LogP contribution is 2.44. The second-order valence-corrected chi connectivity index (χ2v) is 8.86. The number of benzene rings is 3. The highest BCUT2D eigenvalue weighted by Gasteiger charge is 2.38. The Labute approximate surface area is 175 Å². The van der Waals surface area contributed by atoms with Crippen LogP contribution in [0.2, 0.25) is 0 Å². The van der Waals surface area contributed by atoms with Gasteiger partial charge in [0.25, 0.3) is 0 Å². The van der Waals surface area contributed by atoms with E-state index in [0.29, 0.717) is 6.42 Å². The first-order chi connectivity index (χ1) is 13.8. The molecule has 0 amide bonds. The van der Waals surface area contributed by atoms with Crippen LogP contribution in [0.3, 0.4) is 0 Å². The monoisotopic (exact) mass is 387 g/mol. The molecule has 0 spiro atoms. The molecule has 0 aromatic heterocycles. The van der Waals surface area contributed by atoms with Gasteiger partial charge in [-0.3, -0.25) is 0 Å². The SMILES string of the molecule is CN(C)C(c1ccccc1)C(C)(C)CCC(O)(c1ccccc1)c1ccccc1. The van der Waals surface area contributed by atoms with Crippen LogP contribution in [0.1, 0.15) is 49.4 Å². The quantitative estimate of drug-likeness (QED) is 0.510. The van der Waals surface area contributed by atoms with Gasteiger partial charge in [-0.25, -0.2) is 0 Å². The lowest BCUT2D eigenvalue weighted by molar-refractivity contribution is 0.0386. The number of hydrogen-bond donors (Lipinski definition) is 1. The van der Waals surface area contributed by atoms with Crippen LogP contribution in [-0.4, -0.2) is 24.1 Å². The van der Waals surface area contributed by atoms with Crippen molar-refractivity contribution in [3.05, 3.63) is 108 Å². The second kappa shape index (κ2) is 8.94. The Bertz CT molecular complexity index is 833. The Balaban J connectivity index is 1.92. The van der Waals surface area contributed by atoms with Crippen molar-refractivity contribution in [3.63, 3.8) is 0 Å². The van der Waals surface area contributed by atoms with Crippen LogP contribution < -0.4 is 0 Å². The molecule has 0 saturated heterocycles. The van der Waals surface area contributed by atoms with Gasteiger partial charge in [0.1, 0.15) is 5.60 Å². The summed E-state index contributed by atoms with van der Waals surface area (Å²) in [6.07, 6.45) is 1.54. The Morgan fingerprint density at radius 2 is 1.10 bits per heavy atom. The molecule has 0 aliphatic heterocycles. The molecule has 152 valence electrons. The van der Waals surface area contributed by atoms with Crippen molar-refractivity contribution in [1.82, 2.24) is 4.90 Å². The first-order valence-corrected chi connectivity index (χ1v) is 10.4. The minimum Gasteiger partial charge on any atom is -0.380 e. The lowest BCUT2D eigenvalue weighted by Gasteiger charge is -2.41. The fraction of sp³-hybridized carbons (Fsp3) is 0.333. The maximum atomic E-state index is 11.9. The van der Waals surface area contributed by atoms with Gasteiger partial charge in [0, 0.05) is 6.04 Å². The lowest BCUT2D eigenvalue weighted by atomic mass is 9.72. The minimum atomic E-state index is -1.01. The van der Waals surface area contributed by atoms with E-state index in [0.717, 1.165) is 17.5 Å². The summed E-state index contributed by atoms with van der Waals surface area (Å²) in [5.74, 6) is 0. The highest BCUT2D eigenvalue weighted by atomic mass is 16.3. The Hall–Kier alpha value is -2.42.